The van der Waals surface area contributed by atoms with Crippen molar-refractivity contribution in [2.24, 2.45) is 0 Å². The largest absolute Gasteiger partial charge is 0.469 e. The minimum atomic E-state index is -1.28. The van der Waals surface area contributed by atoms with Gasteiger partial charge in [-0.15, -0.1) is 0 Å². The number of halogens is 1. The highest BCUT2D eigenvalue weighted by Gasteiger charge is 2.39. The Bertz CT molecular complexity index is 501. The van der Waals surface area contributed by atoms with Crippen LogP contribution in [-0.4, -0.2) is 46.9 Å². The Balaban J connectivity index is 1.94. The number of rotatable bonds is 2. The predicted molar refractivity (Wildman–Crippen MR) is 75.8 cm³/mol. The highest BCUT2D eigenvalue weighted by molar-refractivity contribution is 5.68. The van der Waals surface area contributed by atoms with Crippen LogP contribution in [0.15, 0.2) is 18.3 Å². The van der Waals surface area contributed by atoms with Crippen LogP contribution in [-0.2, 0) is 4.74 Å². The molecule has 7 heteroatoms. The molecule has 2 heterocycles. The normalized spacial score (nSPS) is 22.2. The summed E-state index contributed by atoms with van der Waals surface area (Å²) in [6.07, 6.45) is -1.14. The van der Waals surface area contributed by atoms with Crippen molar-refractivity contribution in [3.8, 4) is 5.88 Å². The molecule has 2 atom stereocenters. The van der Waals surface area contributed by atoms with E-state index in [-0.39, 0.29) is 19.0 Å². The van der Waals surface area contributed by atoms with E-state index in [1.807, 2.05) is 0 Å². The maximum absolute atomic E-state index is 14.0. The van der Waals surface area contributed by atoms with Crippen LogP contribution in [0.1, 0.15) is 20.8 Å². The fourth-order valence-electron chi connectivity index (χ4n) is 1.94. The van der Waals surface area contributed by atoms with E-state index in [2.05, 4.69) is 4.98 Å². The molecule has 0 saturated carbocycles. The first-order chi connectivity index (χ1) is 9.74. The third kappa shape index (κ3) is 4.21. The zero-order valence-electron chi connectivity index (χ0n) is 12.4. The number of hydrogen-bond acceptors (Lipinski definition) is 5. The van der Waals surface area contributed by atoms with E-state index < -0.39 is 24.0 Å². The molecule has 1 amide bonds. The number of hydrogen-bond donors (Lipinski definition) is 1. The van der Waals surface area contributed by atoms with Crippen LogP contribution >= 0.6 is 0 Å². The number of nitrogens with two attached hydrogens (primary N) is 1. The molecule has 6 nitrogen and oxygen atoms in total. The van der Waals surface area contributed by atoms with Gasteiger partial charge in [-0.05, 0) is 26.8 Å². The summed E-state index contributed by atoms with van der Waals surface area (Å²) < 4.78 is 24.6. The molecule has 0 spiro atoms. The Morgan fingerprint density at radius 3 is 2.71 bits per heavy atom. The summed E-state index contributed by atoms with van der Waals surface area (Å²) in [7, 11) is 0. The number of amides is 1. The zero-order valence-corrected chi connectivity index (χ0v) is 12.4. The van der Waals surface area contributed by atoms with Gasteiger partial charge in [0, 0.05) is 6.07 Å². The van der Waals surface area contributed by atoms with E-state index in [0.717, 1.165) is 0 Å². The van der Waals surface area contributed by atoms with Crippen molar-refractivity contribution in [1.82, 2.24) is 9.88 Å². The van der Waals surface area contributed by atoms with Gasteiger partial charge in [0.2, 0.25) is 5.88 Å². The molecule has 0 radical (unpaired) electrons. The summed E-state index contributed by atoms with van der Waals surface area (Å²) in [5.41, 5.74) is 5.41. The SMILES string of the molecule is CC(C)(C)OC(=O)N1CC(F)C(Oc2ccc(N)cn2)C1. The summed E-state index contributed by atoms with van der Waals surface area (Å²) in [4.78, 5) is 17.2. The van der Waals surface area contributed by atoms with Crippen LogP contribution in [0.3, 0.4) is 0 Å². The quantitative estimate of drug-likeness (QED) is 0.903. The topological polar surface area (TPSA) is 77.7 Å². The molecule has 21 heavy (non-hydrogen) atoms. The lowest BCUT2D eigenvalue weighted by molar-refractivity contribution is 0.0273. The van der Waals surface area contributed by atoms with Gasteiger partial charge in [-0.25, -0.2) is 14.2 Å². The van der Waals surface area contributed by atoms with Crippen molar-refractivity contribution in [3.05, 3.63) is 18.3 Å². The molecule has 116 valence electrons. The number of nitrogens with zero attached hydrogens (tertiary/aromatic N) is 2. The van der Waals surface area contributed by atoms with Crippen LogP contribution in [0, 0.1) is 0 Å². The Hall–Kier alpha value is -2.05. The van der Waals surface area contributed by atoms with Gasteiger partial charge in [0.15, 0.2) is 12.3 Å². The van der Waals surface area contributed by atoms with Gasteiger partial charge in [-0.3, -0.25) is 0 Å². The molecule has 0 bridgehead atoms. The molecule has 1 aliphatic heterocycles. The molecule has 1 aromatic heterocycles. The van der Waals surface area contributed by atoms with Crippen molar-refractivity contribution in [1.29, 1.82) is 0 Å². The van der Waals surface area contributed by atoms with E-state index in [4.69, 9.17) is 15.2 Å². The number of pyridine rings is 1. The minimum absolute atomic E-state index is 0.0471. The van der Waals surface area contributed by atoms with E-state index in [1.54, 1.807) is 32.9 Å². The second kappa shape index (κ2) is 5.75. The maximum Gasteiger partial charge on any atom is 0.410 e. The number of likely N-dealkylation sites (tertiary alicyclic amines) is 1. The Kier molecular flexibility index (Phi) is 4.20. The molecule has 1 aromatic rings. The summed E-state index contributed by atoms with van der Waals surface area (Å²) >= 11 is 0. The van der Waals surface area contributed by atoms with Gasteiger partial charge in [-0.1, -0.05) is 0 Å². The Morgan fingerprint density at radius 1 is 1.43 bits per heavy atom. The standard InChI is InChI=1S/C14H20FN3O3/c1-14(2,3)21-13(19)18-7-10(15)11(8-18)20-12-5-4-9(16)6-17-12/h4-6,10-11H,7-8,16H2,1-3H3. The number of nitrogen functional groups attached to an aromatic ring is 1. The molecule has 2 rings (SSSR count). The van der Waals surface area contributed by atoms with E-state index >= 15 is 0 Å². The second-order valence-corrected chi connectivity index (χ2v) is 5.99. The second-order valence-electron chi connectivity index (χ2n) is 5.99. The molecule has 1 aliphatic rings. The smallest absolute Gasteiger partial charge is 0.410 e. The van der Waals surface area contributed by atoms with Crippen molar-refractivity contribution < 1.29 is 18.7 Å². The lowest BCUT2D eigenvalue weighted by Crippen LogP contribution is -2.36. The number of carbonyl (C=O) groups excluding carboxylic acids is 1. The predicted octanol–water partition coefficient (Wildman–Crippen LogP) is 2.00. The van der Waals surface area contributed by atoms with Crippen LogP contribution < -0.4 is 10.5 Å². The average molecular weight is 297 g/mol. The molecular formula is C14H20FN3O3. The van der Waals surface area contributed by atoms with Gasteiger partial charge in [0.25, 0.3) is 0 Å². The first-order valence-electron chi connectivity index (χ1n) is 6.75. The van der Waals surface area contributed by atoms with Gasteiger partial charge in [0.1, 0.15) is 5.60 Å². The van der Waals surface area contributed by atoms with Crippen molar-refractivity contribution in [2.75, 3.05) is 18.8 Å². The third-order valence-electron chi connectivity index (χ3n) is 2.88. The number of aromatic nitrogens is 1. The number of ether oxygens (including phenoxy) is 2. The molecular weight excluding hydrogens is 277 g/mol. The highest BCUT2D eigenvalue weighted by atomic mass is 19.1. The lowest BCUT2D eigenvalue weighted by atomic mass is 10.2. The van der Waals surface area contributed by atoms with Crippen molar-refractivity contribution >= 4 is 11.8 Å². The lowest BCUT2D eigenvalue weighted by Gasteiger charge is -2.24. The van der Waals surface area contributed by atoms with E-state index in [0.29, 0.717) is 5.69 Å². The Morgan fingerprint density at radius 2 is 2.14 bits per heavy atom. The van der Waals surface area contributed by atoms with Crippen LogP contribution in [0.4, 0.5) is 14.9 Å². The summed E-state index contributed by atoms with van der Waals surface area (Å²) in [6, 6.07) is 3.19. The Labute approximate surface area is 123 Å². The first-order valence-corrected chi connectivity index (χ1v) is 6.75. The number of anilines is 1. The molecule has 1 saturated heterocycles. The third-order valence-corrected chi connectivity index (χ3v) is 2.88. The maximum atomic E-state index is 14.0. The number of carbonyl (C=O) groups is 1. The summed E-state index contributed by atoms with van der Waals surface area (Å²) in [5.74, 6) is 0.280. The van der Waals surface area contributed by atoms with Gasteiger partial charge >= 0.3 is 6.09 Å². The summed E-state index contributed by atoms with van der Waals surface area (Å²) in [5, 5.41) is 0. The highest BCUT2D eigenvalue weighted by Crippen LogP contribution is 2.21. The molecule has 2 unspecified atom stereocenters. The summed E-state index contributed by atoms with van der Waals surface area (Å²) in [6.45, 7) is 5.37. The van der Waals surface area contributed by atoms with Gasteiger partial charge in [0.05, 0.1) is 25.0 Å². The van der Waals surface area contributed by atoms with Crippen LogP contribution in [0.5, 0.6) is 5.88 Å². The van der Waals surface area contributed by atoms with Crippen molar-refractivity contribution in [2.45, 2.75) is 38.6 Å². The zero-order chi connectivity index (χ0) is 15.6. The van der Waals surface area contributed by atoms with E-state index in [1.165, 1.54) is 11.1 Å². The molecule has 2 N–H and O–H groups in total. The minimum Gasteiger partial charge on any atom is -0.469 e. The fourth-order valence-corrected chi connectivity index (χ4v) is 1.94. The first kappa shape index (κ1) is 15.3. The van der Waals surface area contributed by atoms with Gasteiger partial charge < -0.3 is 20.1 Å². The van der Waals surface area contributed by atoms with E-state index in [9.17, 15) is 9.18 Å². The molecule has 0 aliphatic carbocycles. The van der Waals surface area contributed by atoms with Gasteiger partial charge in [-0.2, -0.15) is 0 Å². The monoisotopic (exact) mass is 297 g/mol. The fraction of sp³-hybridized carbons (Fsp3) is 0.571. The van der Waals surface area contributed by atoms with Crippen molar-refractivity contribution in [3.63, 3.8) is 0 Å². The number of alkyl halides is 1. The van der Waals surface area contributed by atoms with Crippen LogP contribution in [0.2, 0.25) is 0 Å². The molecule has 1 fully saturated rings. The molecule has 0 aromatic carbocycles. The van der Waals surface area contributed by atoms with Crippen LogP contribution in [0.25, 0.3) is 0 Å². The average Bonchev–Trinajstić information content (AvgIpc) is 2.72.